The van der Waals surface area contributed by atoms with Gasteiger partial charge in [-0.05, 0) is 50.8 Å². The Balaban J connectivity index is 2.79. The first-order valence-corrected chi connectivity index (χ1v) is 8.13. The number of benzene rings is 1. The van der Waals surface area contributed by atoms with Crippen LogP contribution in [-0.4, -0.2) is 11.6 Å². The van der Waals surface area contributed by atoms with E-state index >= 15 is 0 Å². The van der Waals surface area contributed by atoms with E-state index in [-0.39, 0.29) is 17.5 Å². The van der Waals surface area contributed by atoms with Crippen molar-refractivity contribution < 1.29 is 9.59 Å². The van der Waals surface area contributed by atoms with Gasteiger partial charge in [0, 0.05) is 5.57 Å². The number of carbonyl (C=O) groups excluding carboxylic acids is 2. The molecule has 1 aromatic rings. The molecule has 24 heavy (non-hydrogen) atoms. The van der Waals surface area contributed by atoms with E-state index in [9.17, 15) is 9.59 Å². The molecule has 0 N–H and O–H groups in total. The van der Waals surface area contributed by atoms with Gasteiger partial charge in [0.15, 0.2) is 11.6 Å². The summed E-state index contributed by atoms with van der Waals surface area (Å²) in [4.78, 5) is 23.3. The van der Waals surface area contributed by atoms with Crippen LogP contribution in [0, 0.1) is 5.92 Å². The molecule has 0 radical (unpaired) electrons. The third-order valence-electron chi connectivity index (χ3n) is 3.50. The largest absolute Gasteiger partial charge is 0.295 e. The van der Waals surface area contributed by atoms with Gasteiger partial charge in [-0.3, -0.25) is 9.59 Å². The maximum Gasteiger partial charge on any atom is 0.184 e. The molecule has 0 fully saturated rings. The van der Waals surface area contributed by atoms with Crippen LogP contribution in [0.1, 0.15) is 40.2 Å². The van der Waals surface area contributed by atoms with Crippen molar-refractivity contribution in [3.8, 4) is 0 Å². The van der Waals surface area contributed by atoms with E-state index in [1.54, 1.807) is 13.8 Å². The minimum atomic E-state index is -0.111. The fourth-order valence-electron chi connectivity index (χ4n) is 2.43. The molecule has 0 aliphatic heterocycles. The Morgan fingerprint density at radius 2 is 1.50 bits per heavy atom. The molecule has 1 rings (SSSR count). The van der Waals surface area contributed by atoms with Crippen LogP contribution in [0.2, 0.25) is 0 Å². The molecule has 0 saturated heterocycles. The van der Waals surface area contributed by atoms with Gasteiger partial charge in [-0.25, -0.2) is 0 Å². The van der Waals surface area contributed by atoms with Gasteiger partial charge in [0.05, 0.1) is 0 Å². The molecule has 0 amide bonds. The van der Waals surface area contributed by atoms with E-state index in [1.165, 1.54) is 18.6 Å². The van der Waals surface area contributed by atoms with Crippen LogP contribution in [0.5, 0.6) is 0 Å². The van der Waals surface area contributed by atoms with E-state index in [2.05, 4.69) is 37.3 Å². The fraction of sp³-hybridized carbons (Fsp3) is 0.273. The molecule has 1 aromatic carbocycles. The molecule has 0 aromatic heterocycles. The second-order valence-electron chi connectivity index (χ2n) is 6.13. The van der Waals surface area contributed by atoms with Crippen LogP contribution in [0.3, 0.4) is 0 Å². The lowest BCUT2D eigenvalue weighted by molar-refractivity contribution is -0.114. The second kappa shape index (κ2) is 9.61. The summed E-state index contributed by atoms with van der Waals surface area (Å²) in [6.45, 7) is 8.98. The lowest BCUT2D eigenvalue weighted by atomic mass is 10.0. The van der Waals surface area contributed by atoms with E-state index in [0.717, 1.165) is 5.57 Å². The number of hydrogen-bond acceptors (Lipinski definition) is 2. The van der Waals surface area contributed by atoms with E-state index in [4.69, 9.17) is 0 Å². The normalized spacial score (nSPS) is 14.8. The highest BCUT2D eigenvalue weighted by Gasteiger charge is 2.07. The molecule has 0 bridgehead atoms. The van der Waals surface area contributed by atoms with Crippen LogP contribution >= 0.6 is 0 Å². The van der Waals surface area contributed by atoms with Gasteiger partial charge in [0.25, 0.3) is 0 Å². The summed E-state index contributed by atoms with van der Waals surface area (Å²) in [6.07, 6.45) is 9.58. The van der Waals surface area contributed by atoms with Gasteiger partial charge in [0.2, 0.25) is 0 Å². The van der Waals surface area contributed by atoms with Crippen LogP contribution in [-0.2, 0) is 9.59 Å². The summed E-state index contributed by atoms with van der Waals surface area (Å²) in [5.41, 5.74) is 3.31. The summed E-state index contributed by atoms with van der Waals surface area (Å²) < 4.78 is 0. The first-order chi connectivity index (χ1) is 11.3. The van der Waals surface area contributed by atoms with Gasteiger partial charge >= 0.3 is 0 Å². The van der Waals surface area contributed by atoms with Gasteiger partial charge < -0.3 is 0 Å². The van der Waals surface area contributed by atoms with E-state index in [1.807, 2.05) is 31.2 Å². The Morgan fingerprint density at radius 1 is 0.917 bits per heavy atom. The zero-order chi connectivity index (χ0) is 18.1. The van der Waals surface area contributed by atoms with Crippen LogP contribution in [0.4, 0.5) is 0 Å². The zero-order valence-corrected chi connectivity index (χ0v) is 15.2. The standard InChI is InChI=1S/C22H26O2/c1-16(11-12-21-9-7-6-8-10-21)13-17(2)14-18(3)22(24)19(4)15-20(5)23/h6-16H,1-5H3/t16-/m0/s1. The molecule has 0 heterocycles. The topological polar surface area (TPSA) is 34.1 Å². The van der Waals surface area contributed by atoms with Crippen molar-refractivity contribution in [1.29, 1.82) is 0 Å². The third kappa shape index (κ3) is 7.19. The molecule has 0 saturated carbocycles. The number of ketones is 2. The Morgan fingerprint density at radius 3 is 2.08 bits per heavy atom. The molecule has 0 spiro atoms. The zero-order valence-electron chi connectivity index (χ0n) is 15.2. The van der Waals surface area contributed by atoms with Crippen LogP contribution in [0.15, 0.2) is 71.4 Å². The Hall–Kier alpha value is -2.48. The molecule has 2 nitrogen and oxygen atoms in total. The van der Waals surface area contributed by atoms with Crippen LogP contribution in [0.25, 0.3) is 6.08 Å². The molecule has 0 unspecified atom stereocenters. The number of hydrogen-bond donors (Lipinski definition) is 0. The minimum Gasteiger partial charge on any atom is -0.295 e. The third-order valence-corrected chi connectivity index (χ3v) is 3.50. The minimum absolute atomic E-state index is 0.0922. The molecule has 2 heteroatoms. The number of rotatable bonds is 7. The second-order valence-corrected chi connectivity index (χ2v) is 6.13. The fourth-order valence-corrected chi connectivity index (χ4v) is 2.43. The molecule has 126 valence electrons. The first kappa shape index (κ1) is 19.6. The summed E-state index contributed by atoms with van der Waals surface area (Å²) in [7, 11) is 0. The maximum absolute atomic E-state index is 12.2. The van der Waals surface area contributed by atoms with Crippen LogP contribution < -0.4 is 0 Å². The smallest absolute Gasteiger partial charge is 0.184 e. The van der Waals surface area contributed by atoms with Crippen molar-refractivity contribution in [2.75, 3.05) is 0 Å². The van der Waals surface area contributed by atoms with Crippen molar-refractivity contribution in [3.63, 3.8) is 0 Å². The number of allylic oxidation sites excluding steroid dienone is 7. The predicted octanol–water partition coefficient (Wildman–Crippen LogP) is 5.33. The molecule has 1 atom stereocenters. The predicted molar refractivity (Wildman–Crippen MR) is 102 cm³/mol. The van der Waals surface area contributed by atoms with E-state index in [0.29, 0.717) is 11.1 Å². The highest BCUT2D eigenvalue weighted by atomic mass is 16.1. The van der Waals surface area contributed by atoms with Crippen molar-refractivity contribution >= 4 is 17.6 Å². The monoisotopic (exact) mass is 322 g/mol. The Bertz CT molecular complexity index is 701. The van der Waals surface area contributed by atoms with Crippen molar-refractivity contribution in [2.24, 2.45) is 5.92 Å². The average Bonchev–Trinajstić information content (AvgIpc) is 2.52. The lowest BCUT2D eigenvalue weighted by Crippen LogP contribution is -2.03. The maximum atomic E-state index is 12.2. The van der Waals surface area contributed by atoms with Crippen molar-refractivity contribution in [2.45, 2.75) is 34.6 Å². The molecular weight excluding hydrogens is 296 g/mol. The first-order valence-electron chi connectivity index (χ1n) is 8.13. The average molecular weight is 322 g/mol. The van der Waals surface area contributed by atoms with Crippen molar-refractivity contribution in [1.82, 2.24) is 0 Å². The summed E-state index contributed by atoms with van der Waals surface area (Å²) in [5.74, 6) is 0.0595. The number of carbonyl (C=O) groups is 2. The van der Waals surface area contributed by atoms with Gasteiger partial charge in [-0.2, -0.15) is 0 Å². The Kier molecular flexibility index (Phi) is 7.84. The van der Waals surface area contributed by atoms with Gasteiger partial charge in [0.1, 0.15) is 0 Å². The summed E-state index contributed by atoms with van der Waals surface area (Å²) in [6, 6.07) is 10.2. The van der Waals surface area contributed by atoms with Gasteiger partial charge in [-0.1, -0.05) is 67.1 Å². The molecular formula is C22H26O2. The lowest BCUT2D eigenvalue weighted by Gasteiger charge is -2.04. The SMILES string of the molecule is CC(=O)C=C(C)C(=O)C(C)=CC(C)=C[C@@H](C)C=Cc1ccccc1. The quantitative estimate of drug-likeness (QED) is 0.502. The number of Topliss-reactive ketones (excluding diaryl/α,β-unsaturated/α-hetero) is 1. The molecule has 0 aliphatic rings. The summed E-state index contributed by atoms with van der Waals surface area (Å²) >= 11 is 0. The molecule has 0 aliphatic carbocycles. The van der Waals surface area contributed by atoms with Gasteiger partial charge in [-0.15, -0.1) is 0 Å². The highest BCUT2D eigenvalue weighted by Crippen LogP contribution is 2.13. The Labute approximate surface area is 145 Å². The van der Waals surface area contributed by atoms with E-state index < -0.39 is 0 Å². The summed E-state index contributed by atoms with van der Waals surface area (Å²) in [5, 5.41) is 0. The van der Waals surface area contributed by atoms with Crippen molar-refractivity contribution in [3.05, 3.63) is 76.9 Å². The highest BCUT2D eigenvalue weighted by molar-refractivity contribution is 6.10.